The van der Waals surface area contributed by atoms with Crippen molar-refractivity contribution in [1.29, 1.82) is 5.26 Å². The number of piperazine rings is 1. The summed E-state index contributed by atoms with van der Waals surface area (Å²) in [6.07, 6.45) is 0. The van der Waals surface area contributed by atoms with E-state index in [4.69, 9.17) is 14.7 Å². The summed E-state index contributed by atoms with van der Waals surface area (Å²) in [4.78, 5) is 26.9. The number of benzene rings is 2. The summed E-state index contributed by atoms with van der Waals surface area (Å²) in [6.45, 7) is 6.60. The molecule has 0 radical (unpaired) electrons. The number of hydrogen-bond donors (Lipinski definition) is 0. The Morgan fingerprint density at radius 2 is 1.68 bits per heavy atom. The van der Waals surface area contributed by atoms with Gasteiger partial charge < -0.3 is 14.5 Å². The van der Waals surface area contributed by atoms with Gasteiger partial charge in [0.1, 0.15) is 12.3 Å². The van der Waals surface area contributed by atoms with Crippen LogP contribution in [0.3, 0.4) is 0 Å². The van der Waals surface area contributed by atoms with Crippen LogP contribution in [0, 0.1) is 11.3 Å². The van der Waals surface area contributed by atoms with Crippen molar-refractivity contribution in [3.05, 3.63) is 65.9 Å². The van der Waals surface area contributed by atoms with E-state index in [0.29, 0.717) is 17.0 Å². The second kappa shape index (κ2) is 9.54. The summed E-state index contributed by atoms with van der Waals surface area (Å²) in [7, 11) is 0. The lowest BCUT2D eigenvalue weighted by molar-refractivity contribution is -0.145. The molecule has 0 aliphatic carbocycles. The molecular weight excluding hydrogens is 390 g/mol. The first-order valence-corrected chi connectivity index (χ1v) is 10.5. The second-order valence-electron chi connectivity index (χ2n) is 7.50. The number of ether oxygens (including phenoxy) is 1. The van der Waals surface area contributed by atoms with Crippen LogP contribution in [0.2, 0.25) is 0 Å². The number of anilines is 1. The van der Waals surface area contributed by atoms with Gasteiger partial charge in [-0.3, -0.25) is 4.79 Å². The predicted octanol–water partition coefficient (Wildman–Crippen LogP) is 3.12. The zero-order valence-electron chi connectivity index (χ0n) is 17.6. The average Bonchev–Trinajstić information content (AvgIpc) is 2.83. The van der Waals surface area contributed by atoms with Gasteiger partial charge in [0, 0.05) is 26.2 Å². The van der Waals surface area contributed by atoms with E-state index in [0.717, 1.165) is 43.8 Å². The lowest BCUT2D eigenvalue weighted by Crippen LogP contribution is -2.47. The van der Waals surface area contributed by atoms with Crippen LogP contribution in [-0.4, -0.2) is 53.6 Å². The fourth-order valence-corrected chi connectivity index (χ4v) is 3.74. The van der Waals surface area contributed by atoms with Gasteiger partial charge in [0.15, 0.2) is 11.7 Å². The van der Waals surface area contributed by atoms with Gasteiger partial charge in [-0.25, -0.2) is 9.97 Å². The molecule has 2 heterocycles. The number of carbonyl (C=O) groups is 1. The van der Waals surface area contributed by atoms with Crippen molar-refractivity contribution in [3.63, 3.8) is 0 Å². The fraction of sp³-hybridized carbons (Fsp3) is 0.333. The molecule has 158 valence electrons. The zero-order valence-corrected chi connectivity index (χ0v) is 17.6. The van der Waals surface area contributed by atoms with Crippen molar-refractivity contribution in [2.24, 2.45) is 0 Å². The van der Waals surface area contributed by atoms with Crippen LogP contribution in [0.1, 0.15) is 24.1 Å². The van der Waals surface area contributed by atoms with Gasteiger partial charge in [0.25, 0.3) is 0 Å². The molecule has 1 fully saturated rings. The summed E-state index contributed by atoms with van der Waals surface area (Å²) in [6, 6.07) is 19.0. The van der Waals surface area contributed by atoms with Gasteiger partial charge in [0.05, 0.1) is 17.1 Å². The monoisotopic (exact) mass is 415 g/mol. The highest BCUT2D eigenvalue weighted by Crippen LogP contribution is 2.29. The van der Waals surface area contributed by atoms with Crippen LogP contribution in [0.4, 0.5) is 5.82 Å². The van der Waals surface area contributed by atoms with E-state index in [2.05, 4.69) is 22.8 Å². The fourth-order valence-electron chi connectivity index (χ4n) is 3.74. The number of likely N-dealkylation sites (N-methyl/N-ethyl adjacent to an activating group) is 1. The molecule has 31 heavy (non-hydrogen) atoms. The average molecular weight is 415 g/mol. The Hall–Kier alpha value is -3.50. The lowest BCUT2D eigenvalue weighted by atomic mass is 10.1. The maximum Gasteiger partial charge on any atom is 0.330 e. The third-order valence-electron chi connectivity index (χ3n) is 5.56. The molecule has 3 aromatic rings. The van der Waals surface area contributed by atoms with Gasteiger partial charge in [0.2, 0.25) is 0 Å². The number of rotatable bonds is 6. The predicted molar refractivity (Wildman–Crippen MR) is 118 cm³/mol. The Balaban J connectivity index is 1.65. The number of nitrogens with zero attached hydrogens (tertiary/aromatic N) is 5. The Bertz CT molecular complexity index is 1090. The van der Waals surface area contributed by atoms with Gasteiger partial charge in [-0.05, 0) is 24.2 Å². The third-order valence-corrected chi connectivity index (χ3v) is 5.56. The minimum Gasteiger partial charge on any atom is -0.460 e. The van der Waals surface area contributed by atoms with Gasteiger partial charge >= 0.3 is 5.97 Å². The minimum absolute atomic E-state index is 0.114. The van der Waals surface area contributed by atoms with Crippen molar-refractivity contribution >= 4 is 22.8 Å². The summed E-state index contributed by atoms with van der Waals surface area (Å²) < 4.78 is 5.47. The van der Waals surface area contributed by atoms with Crippen molar-refractivity contribution in [2.45, 2.75) is 19.4 Å². The summed E-state index contributed by atoms with van der Waals surface area (Å²) in [5.41, 5.74) is 2.63. The van der Waals surface area contributed by atoms with Crippen LogP contribution >= 0.6 is 0 Å². The normalized spacial score (nSPS) is 15.4. The molecule has 0 unspecified atom stereocenters. The first-order chi connectivity index (χ1) is 15.2. The topological polar surface area (TPSA) is 82.4 Å². The molecule has 0 N–H and O–H groups in total. The summed E-state index contributed by atoms with van der Waals surface area (Å²) in [5, 5.41) is 9.88. The standard InChI is InChI=1S/C24H25N5O2/c1-2-28-12-14-29(15-13-28)23-22(26-20-10-6-7-11-21(20)27-23)19(16-25)24(30)31-17-18-8-4-3-5-9-18/h3-11,19H,2,12-15,17H2,1H3/t19-/m0/s1. The largest absolute Gasteiger partial charge is 0.460 e. The zero-order chi connectivity index (χ0) is 21.6. The van der Waals surface area contributed by atoms with Crippen molar-refractivity contribution in [1.82, 2.24) is 14.9 Å². The van der Waals surface area contributed by atoms with Crippen LogP contribution in [0.25, 0.3) is 11.0 Å². The van der Waals surface area contributed by atoms with Crippen LogP contribution in [-0.2, 0) is 16.1 Å². The highest BCUT2D eigenvalue weighted by atomic mass is 16.5. The van der Waals surface area contributed by atoms with Crippen LogP contribution < -0.4 is 4.90 Å². The van der Waals surface area contributed by atoms with E-state index in [9.17, 15) is 10.1 Å². The molecule has 1 aliphatic rings. The van der Waals surface area contributed by atoms with E-state index < -0.39 is 11.9 Å². The number of para-hydroxylation sites is 2. The number of fused-ring (bicyclic) bond motifs is 1. The smallest absolute Gasteiger partial charge is 0.330 e. The molecule has 1 aliphatic heterocycles. The van der Waals surface area contributed by atoms with E-state index >= 15 is 0 Å². The molecule has 0 spiro atoms. The molecule has 1 atom stereocenters. The molecule has 1 aromatic heterocycles. The van der Waals surface area contributed by atoms with Crippen molar-refractivity contribution in [3.8, 4) is 6.07 Å². The Morgan fingerprint density at radius 3 is 2.32 bits per heavy atom. The number of carbonyl (C=O) groups excluding carboxylic acids is 1. The summed E-state index contributed by atoms with van der Waals surface area (Å²) in [5.74, 6) is -1.15. The maximum absolute atomic E-state index is 12.9. The number of esters is 1. The van der Waals surface area contributed by atoms with E-state index in [-0.39, 0.29) is 6.61 Å². The molecule has 0 amide bonds. The molecule has 2 aromatic carbocycles. The van der Waals surface area contributed by atoms with Crippen molar-refractivity contribution < 1.29 is 9.53 Å². The van der Waals surface area contributed by atoms with Crippen LogP contribution in [0.15, 0.2) is 54.6 Å². The highest BCUT2D eigenvalue weighted by Gasteiger charge is 2.31. The molecule has 0 saturated carbocycles. The van der Waals surface area contributed by atoms with E-state index in [1.807, 2.05) is 54.6 Å². The Kier molecular flexibility index (Phi) is 6.39. The molecule has 4 rings (SSSR count). The van der Waals surface area contributed by atoms with Crippen LogP contribution in [0.5, 0.6) is 0 Å². The Labute approximate surface area is 181 Å². The Morgan fingerprint density at radius 1 is 1.03 bits per heavy atom. The van der Waals surface area contributed by atoms with Gasteiger partial charge in [-0.1, -0.05) is 49.4 Å². The second-order valence-corrected chi connectivity index (χ2v) is 7.50. The number of aromatic nitrogens is 2. The van der Waals surface area contributed by atoms with E-state index in [1.165, 1.54) is 0 Å². The maximum atomic E-state index is 12.9. The molecule has 0 bridgehead atoms. The molecule has 7 nitrogen and oxygen atoms in total. The third kappa shape index (κ3) is 4.65. The molecule has 1 saturated heterocycles. The van der Waals surface area contributed by atoms with Gasteiger partial charge in [-0.2, -0.15) is 5.26 Å². The highest BCUT2D eigenvalue weighted by molar-refractivity contribution is 5.85. The number of hydrogen-bond acceptors (Lipinski definition) is 7. The van der Waals surface area contributed by atoms with Gasteiger partial charge in [-0.15, -0.1) is 0 Å². The summed E-state index contributed by atoms with van der Waals surface area (Å²) >= 11 is 0. The minimum atomic E-state index is -1.14. The van der Waals surface area contributed by atoms with E-state index in [1.54, 1.807) is 0 Å². The van der Waals surface area contributed by atoms with Crippen molar-refractivity contribution in [2.75, 3.05) is 37.6 Å². The SMILES string of the molecule is CCN1CCN(c2nc3ccccc3nc2[C@H](C#N)C(=O)OCc2ccccc2)CC1. The first kappa shape index (κ1) is 20.8. The lowest BCUT2D eigenvalue weighted by Gasteiger charge is -2.35. The quantitative estimate of drug-likeness (QED) is 0.572. The molecule has 7 heteroatoms. The first-order valence-electron chi connectivity index (χ1n) is 10.5. The molecular formula is C24H25N5O2. The number of nitriles is 1.